The number of hydrogen-bond donors (Lipinski definition) is 0. The quantitative estimate of drug-likeness (QED) is 0.677. The first kappa shape index (κ1) is 11.5. The minimum absolute atomic E-state index is 0.410. The van der Waals surface area contributed by atoms with Gasteiger partial charge in [-0.2, -0.15) is 5.26 Å². The monoisotopic (exact) mass is 199 g/mol. The smallest absolute Gasteiger partial charge is 0.0994 e. The van der Waals surface area contributed by atoms with Gasteiger partial charge in [0.05, 0.1) is 11.6 Å². The molecule has 1 rings (SSSR count). The zero-order chi connectivity index (χ0) is 11.3. The Morgan fingerprint density at radius 3 is 2.73 bits per heavy atom. The van der Waals surface area contributed by atoms with Gasteiger partial charge in [0, 0.05) is 0 Å². The second-order valence-corrected chi connectivity index (χ2v) is 4.02. The van der Waals surface area contributed by atoms with Crippen molar-refractivity contribution in [2.75, 3.05) is 0 Å². The third-order valence-electron chi connectivity index (χ3n) is 2.50. The molecule has 0 saturated carbocycles. The largest absolute Gasteiger partial charge is 0.192 e. The second-order valence-electron chi connectivity index (χ2n) is 4.02. The molecule has 0 bridgehead atoms. The van der Waals surface area contributed by atoms with Crippen molar-refractivity contribution in [3.05, 3.63) is 47.5 Å². The molecule has 0 fully saturated rings. The van der Waals surface area contributed by atoms with Crippen LogP contribution in [-0.2, 0) is 6.42 Å². The van der Waals surface area contributed by atoms with Gasteiger partial charge >= 0.3 is 0 Å². The number of aryl methyl sites for hydroxylation is 1. The summed E-state index contributed by atoms with van der Waals surface area (Å²) < 4.78 is 0. The molecular formula is C14H17N. The van der Waals surface area contributed by atoms with Crippen LogP contribution in [0.15, 0.2) is 30.9 Å². The summed E-state index contributed by atoms with van der Waals surface area (Å²) in [5.74, 6) is 0.410. The standard InChI is InChI=1S/C14H17N/c1-4-5-6-12-7-8-14(11(2)3)13(9-12)10-15/h4,7-9,11H,1,5-6H2,2-3H3. The van der Waals surface area contributed by atoms with Crippen LogP contribution < -0.4 is 0 Å². The first-order valence-corrected chi connectivity index (χ1v) is 5.33. The van der Waals surface area contributed by atoms with E-state index >= 15 is 0 Å². The first-order chi connectivity index (χ1) is 7.19. The molecule has 0 aliphatic rings. The van der Waals surface area contributed by atoms with E-state index in [4.69, 9.17) is 5.26 Å². The van der Waals surface area contributed by atoms with Gasteiger partial charge in [-0.3, -0.25) is 0 Å². The number of hydrogen-bond acceptors (Lipinski definition) is 1. The van der Waals surface area contributed by atoms with E-state index in [1.807, 2.05) is 12.1 Å². The number of nitriles is 1. The maximum absolute atomic E-state index is 9.05. The first-order valence-electron chi connectivity index (χ1n) is 5.33. The molecule has 1 aromatic rings. The average Bonchev–Trinajstić information content (AvgIpc) is 2.25. The zero-order valence-electron chi connectivity index (χ0n) is 9.46. The van der Waals surface area contributed by atoms with Crippen LogP contribution in [0.25, 0.3) is 0 Å². The molecule has 0 radical (unpaired) electrons. The number of allylic oxidation sites excluding steroid dienone is 1. The van der Waals surface area contributed by atoms with Crippen LogP contribution in [0.2, 0.25) is 0 Å². The molecule has 0 aromatic heterocycles. The summed E-state index contributed by atoms with van der Waals surface area (Å²) in [6.07, 6.45) is 3.84. The molecular weight excluding hydrogens is 182 g/mol. The van der Waals surface area contributed by atoms with Gasteiger partial charge in [0.1, 0.15) is 0 Å². The highest BCUT2D eigenvalue weighted by atomic mass is 14.2. The Morgan fingerprint density at radius 2 is 2.20 bits per heavy atom. The summed E-state index contributed by atoms with van der Waals surface area (Å²) in [5.41, 5.74) is 3.17. The molecule has 0 amide bonds. The van der Waals surface area contributed by atoms with E-state index in [0.29, 0.717) is 5.92 Å². The van der Waals surface area contributed by atoms with Crippen molar-refractivity contribution in [2.24, 2.45) is 0 Å². The highest BCUT2D eigenvalue weighted by Crippen LogP contribution is 2.20. The molecule has 0 heterocycles. The SMILES string of the molecule is C=CCCc1ccc(C(C)C)c(C#N)c1. The molecule has 0 aliphatic carbocycles. The molecule has 0 unspecified atom stereocenters. The van der Waals surface area contributed by atoms with Gasteiger partial charge in [-0.05, 0) is 36.0 Å². The van der Waals surface area contributed by atoms with E-state index in [9.17, 15) is 0 Å². The molecule has 78 valence electrons. The van der Waals surface area contributed by atoms with Crippen LogP contribution in [0.4, 0.5) is 0 Å². The molecule has 1 aromatic carbocycles. The fourth-order valence-corrected chi connectivity index (χ4v) is 1.63. The van der Waals surface area contributed by atoms with Crippen LogP contribution in [0.3, 0.4) is 0 Å². The van der Waals surface area contributed by atoms with Crippen molar-refractivity contribution < 1.29 is 0 Å². The molecule has 0 saturated heterocycles. The van der Waals surface area contributed by atoms with Gasteiger partial charge < -0.3 is 0 Å². The second kappa shape index (κ2) is 5.36. The Bertz CT molecular complexity index is 383. The Labute approximate surface area is 92.1 Å². The van der Waals surface area contributed by atoms with E-state index in [0.717, 1.165) is 24.0 Å². The zero-order valence-corrected chi connectivity index (χ0v) is 9.46. The van der Waals surface area contributed by atoms with E-state index in [2.05, 4.69) is 38.6 Å². The Kier molecular flexibility index (Phi) is 4.12. The van der Waals surface area contributed by atoms with Crippen molar-refractivity contribution in [3.8, 4) is 6.07 Å². The van der Waals surface area contributed by atoms with Gasteiger partial charge in [0.15, 0.2) is 0 Å². The highest BCUT2D eigenvalue weighted by Gasteiger charge is 2.06. The average molecular weight is 199 g/mol. The summed E-state index contributed by atoms with van der Waals surface area (Å²) >= 11 is 0. The summed E-state index contributed by atoms with van der Waals surface area (Å²) in [4.78, 5) is 0. The van der Waals surface area contributed by atoms with E-state index in [1.54, 1.807) is 0 Å². The molecule has 15 heavy (non-hydrogen) atoms. The minimum atomic E-state index is 0.410. The van der Waals surface area contributed by atoms with Crippen molar-refractivity contribution in [1.29, 1.82) is 5.26 Å². The van der Waals surface area contributed by atoms with Crippen LogP contribution >= 0.6 is 0 Å². The fraction of sp³-hybridized carbons (Fsp3) is 0.357. The molecule has 0 spiro atoms. The van der Waals surface area contributed by atoms with Crippen molar-refractivity contribution in [3.63, 3.8) is 0 Å². The predicted molar refractivity (Wildman–Crippen MR) is 63.8 cm³/mol. The summed E-state index contributed by atoms with van der Waals surface area (Å²) in [6, 6.07) is 8.45. The summed E-state index contributed by atoms with van der Waals surface area (Å²) in [5, 5.41) is 9.05. The number of rotatable bonds is 4. The van der Waals surface area contributed by atoms with Gasteiger partial charge in [-0.15, -0.1) is 6.58 Å². The number of nitrogens with zero attached hydrogens (tertiary/aromatic N) is 1. The summed E-state index contributed by atoms with van der Waals surface area (Å²) in [7, 11) is 0. The van der Waals surface area contributed by atoms with Crippen LogP contribution in [0.5, 0.6) is 0 Å². The summed E-state index contributed by atoms with van der Waals surface area (Å²) in [6.45, 7) is 7.92. The van der Waals surface area contributed by atoms with Crippen molar-refractivity contribution >= 4 is 0 Å². The Hall–Kier alpha value is -1.55. The molecule has 1 heteroatoms. The van der Waals surface area contributed by atoms with E-state index in [1.165, 1.54) is 5.56 Å². The van der Waals surface area contributed by atoms with Crippen LogP contribution in [-0.4, -0.2) is 0 Å². The third kappa shape index (κ3) is 2.95. The third-order valence-corrected chi connectivity index (χ3v) is 2.50. The lowest BCUT2D eigenvalue weighted by Gasteiger charge is -2.09. The lowest BCUT2D eigenvalue weighted by atomic mass is 9.95. The molecule has 1 nitrogen and oxygen atoms in total. The lowest BCUT2D eigenvalue weighted by Crippen LogP contribution is -1.95. The van der Waals surface area contributed by atoms with Crippen molar-refractivity contribution in [1.82, 2.24) is 0 Å². The van der Waals surface area contributed by atoms with Gasteiger partial charge in [0.2, 0.25) is 0 Å². The Balaban J connectivity index is 2.98. The van der Waals surface area contributed by atoms with E-state index in [-0.39, 0.29) is 0 Å². The van der Waals surface area contributed by atoms with Crippen LogP contribution in [0, 0.1) is 11.3 Å². The normalized spacial score (nSPS) is 10.0. The van der Waals surface area contributed by atoms with Crippen LogP contribution in [0.1, 0.15) is 42.9 Å². The molecule has 0 atom stereocenters. The number of benzene rings is 1. The molecule has 0 N–H and O–H groups in total. The predicted octanol–water partition coefficient (Wildman–Crippen LogP) is 3.80. The van der Waals surface area contributed by atoms with Crippen molar-refractivity contribution in [2.45, 2.75) is 32.6 Å². The molecule has 0 aliphatic heterocycles. The fourth-order valence-electron chi connectivity index (χ4n) is 1.63. The van der Waals surface area contributed by atoms with Gasteiger partial charge in [0.25, 0.3) is 0 Å². The minimum Gasteiger partial charge on any atom is -0.192 e. The van der Waals surface area contributed by atoms with Gasteiger partial charge in [-0.25, -0.2) is 0 Å². The maximum Gasteiger partial charge on any atom is 0.0994 e. The topological polar surface area (TPSA) is 23.8 Å². The highest BCUT2D eigenvalue weighted by molar-refractivity contribution is 5.42. The lowest BCUT2D eigenvalue weighted by molar-refractivity contribution is 0.859. The van der Waals surface area contributed by atoms with Gasteiger partial charge in [-0.1, -0.05) is 32.1 Å². The Morgan fingerprint density at radius 1 is 1.47 bits per heavy atom. The maximum atomic E-state index is 9.05. The van der Waals surface area contributed by atoms with E-state index < -0.39 is 0 Å².